The van der Waals surface area contributed by atoms with E-state index < -0.39 is 0 Å². The third-order valence-corrected chi connectivity index (χ3v) is 7.11. The zero-order valence-corrected chi connectivity index (χ0v) is 21.8. The van der Waals surface area contributed by atoms with Gasteiger partial charge in [0, 0.05) is 49.7 Å². The fraction of sp³-hybridized carbons (Fsp3) is 0.444. The first-order valence-electron chi connectivity index (χ1n) is 12.6. The van der Waals surface area contributed by atoms with Gasteiger partial charge in [-0.25, -0.2) is 4.52 Å². The van der Waals surface area contributed by atoms with E-state index in [1.165, 1.54) is 6.20 Å². The van der Waals surface area contributed by atoms with Gasteiger partial charge in [0.05, 0.1) is 38.0 Å². The largest absolute Gasteiger partial charge is 0.494 e. The molecule has 0 atom stereocenters. The molecule has 0 radical (unpaired) electrons. The first-order chi connectivity index (χ1) is 18.4. The third kappa shape index (κ3) is 4.93. The number of fused-ring (bicyclic) bond motifs is 1. The van der Waals surface area contributed by atoms with Crippen molar-refractivity contribution < 1.29 is 14.3 Å². The number of amides is 2. The van der Waals surface area contributed by atoms with E-state index in [1.807, 2.05) is 53.2 Å². The van der Waals surface area contributed by atoms with Crippen molar-refractivity contribution >= 4 is 17.3 Å². The lowest BCUT2D eigenvalue weighted by Gasteiger charge is -2.41. The maximum absolute atomic E-state index is 13.0. The van der Waals surface area contributed by atoms with E-state index in [2.05, 4.69) is 28.1 Å². The van der Waals surface area contributed by atoms with E-state index in [1.54, 1.807) is 16.5 Å². The molecule has 0 bridgehead atoms. The number of carbonyl (C=O) groups excluding carboxylic acids is 2. The Morgan fingerprint density at radius 3 is 2.55 bits per heavy atom. The summed E-state index contributed by atoms with van der Waals surface area (Å²) in [5, 5.41) is 18.2. The van der Waals surface area contributed by atoms with Crippen LogP contribution in [0.15, 0.2) is 30.9 Å². The summed E-state index contributed by atoms with van der Waals surface area (Å²) in [6, 6.07) is 4.23. The van der Waals surface area contributed by atoms with Gasteiger partial charge in [0.1, 0.15) is 22.9 Å². The standard InChI is InChI=1S/C27H30N8O3/c1-31(2)8-4-5-25(36)33-15-22(16-33)27(37)32-9-6-23(7-10-32)34-18-21(14-29-34)19-11-24(38-3)26-20(12-28)13-30-35(26)17-19/h11,13-14,17-18,22-23H,6-10,15-16H2,1-3H3. The van der Waals surface area contributed by atoms with Gasteiger partial charge >= 0.3 is 0 Å². The molecule has 0 saturated carbocycles. The Balaban J connectivity index is 1.17. The Morgan fingerprint density at radius 2 is 1.87 bits per heavy atom. The van der Waals surface area contributed by atoms with Crippen molar-refractivity contribution in [3.63, 3.8) is 0 Å². The molecule has 38 heavy (non-hydrogen) atoms. The summed E-state index contributed by atoms with van der Waals surface area (Å²) < 4.78 is 9.14. The van der Waals surface area contributed by atoms with Crippen molar-refractivity contribution in [2.75, 3.05) is 53.9 Å². The molecule has 11 nitrogen and oxygen atoms in total. The molecule has 196 valence electrons. The molecule has 2 fully saturated rings. The molecule has 5 heterocycles. The normalized spacial score (nSPS) is 16.2. The molecule has 3 aromatic heterocycles. The molecular weight excluding hydrogens is 484 g/mol. The van der Waals surface area contributed by atoms with Gasteiger partial charge in [-0.2, -0.15) is 15.5 Å². The quantitative estimate of drug-likeness (QED) is 0.471. The number of hydrogen-bond donors (Lipinski definition) is 0. The van der Waals surface area contributed by atoms with E-state index in [0.717, 1.165) is 24.0 Å². The fourth-order valence-corrected chi connectivity index (χ4v) is 4.93. The number of pyridine rings is 1. The van der Waals surface area contributed by atoms with E-state index in [-0.39, 0.29) is 23.8 Å². The maximum atomic E-state index is 13.0. The summed E-state index contributed by atoms with van der Waals surface area (Å²) in [4.78, 5) is 30.6. The summed E-state index contributed by atoms with van der Waals surface area (Å²) in [6.45, 7) is 2.74. The zero-order valence-electron chi connectivity index (χ0n) is 21.8. The highest BCUT2D eigenvalue weighted by molar-refractivity contribution is 5.95. The number of carbonyl (C=O) groups is 2. The SMILES string of the molecule is COc1cc(-c2cnn(C3CCN(C(=O)C4CN(C(=O)C#CCN(C)C)C4)CC3)c2)cn2ncc(C#N)c12. The van der Waals surface area contributed by atoms with Gasteiger partial charge in [-0.05, 0) is 38.9 Å². The van der Waals surface area contributed by atoms with E-state index in [0.29, 0.717) is 49.6 Å². The molecule has 0 unspecified atom stereocenters. The maximum Gasteiger partial charge on any atom is 0.298 e. The first-order valence-corrected chi connectivity index (χ1v) is 12.6. The van der Waals surface area contributed by atoms with Crippen molar-refractivity contribution in [1.82, 2.24) is 34.1 Å². The van der Waals surface area contributed by atoms with Gasteiger partial charge in [-0.1, -0.05) is 5.92 Å². The second-order valence-electron chi connectivity index (χ2n) is 9.97. The van der Waals surface area contributed by atoms with Gasteiger partial charge in [0.25, 0.3) is 5.91 Å². The average Bonchev–Trinajstić information content (AvgIpc) is 3.54. The van der Waals surface area contributed by atoms with Gasteiger partial charge < -0.3 is 14.5 Å². The summed E-state index contributed by atoms with van der Waals surface area (Å²) in [7, 11) is 5.38. The van der Waals surface area contributed by atoms with Crippen LogP contribution in [0.1, 0.15) is 24.4 Å². The minimum Gasteiger partial charge on any atom is -0.494 e. The minimum absolute atomic E-state index is 0.117. The second-order valence-corrected chi connectivity index (χ2v) is 9.97. The predicted molar refractivity (Wildman–Crippen MR) is 139 cm³/mol. The summed E-state index contributed by atoms with van der Waals surface area (Å²) in [6.07, 6.45) is 8.83. The molecule has 3 aromatic rings. The monoisotopic (exact) mass is 514 g/mol. The number of rotatable bonds is 5. The van der Waals surface area contributed by atoms with Gasteiger partial charge in [0.2, 0.25) is 5.91 Å². The Kier molecular flexibility index (Phi) is 7.03. The lowest BCUT2D eigenvalue weighted by Crippen LogP contribution is -2.57. The van der Waals surface area contributed by atoms with E-state index in [4.69, 9.17) is 4.74 Å². The van der Waals surface area contributed by atoms with Crippen LogP contribution in [0.25, 0.3) is 16.6 Å². The molecule has 11 heteroatoms. The van der Waals surface area contributed by atoms with Crippen LogP contribution in [-0.4, -0.2) is 99.8 Å². The molecule has 2 saturated heterocycles. The van der Waals surface area contributed by atoms with Gasteiger partial charge in [-0.3, -0.25) is 19.2 Å². The molecule has 0 aromatic carbocycles. The Bertz CT molecular complexity index is 1460. The number of piperidine rings is 1. The van der Waals surface area contributed by atoms with Crippen LogP contribution in [0.2, 0.25) is 0 Å². The second kappa shape index (κ2) is 10.6. The van der Waals surface area contributed by atoms with Crippen molar-refractivity contribution in [3.05, 3.63) is 36.4 Å². The molecule has 0 N–H and O–H groups in total. The highest BCUT2D eigenvalue weighted by atomic mass is 16.5. The summed E-state index contributed by atoms with van der Waals surface area (Å²) in [5.74, 6) is 5.84. The number of likely N-dealkylation sites (tertiary alicyclic amines) is 2. The average molecular weight is 515 g/mol. The lowest BCUT2D eigenvalue weighted by molar-refractivity contribution is -0.146. The van der Waals surface area contributed by atoms with E-state index >= 15 is 0 Å². The molecule has 2 aliphatic heterocycles. The number of aromatic nitrogens is 4. The Hall–Kier alpha value is -4.35. The number of nitrogens with zero attached hydrogens (tertiary/aromatic N) is 8. The van der Waals surface area contributed by atoms with Gasteiger partial charge in [-0.15, -0.1) is 0 Å². The topological polar surface area (TPSA) is 112 Å². The number of nitriles is 1. The molecular formula is C27H30N8O3. The van der Waals surface area contributed by atoms with Crippen molar-refractivity contribution in [2.24, 2.45) is 5.92 Å². The molecule has 5 rings (SSSR count). The van der Waals surface area contributed by atoms with Crippen LogP contribution in [0.3, 0.4) is 0 Å². The molecule has 2 amide bonds. The smallest absolute Gasteiger partial charge is 0.298 e. The van der Waals surface area contributed by atoms with Crippen molar-refractivity contribution in [1.29, 1.82) is 5.26 Å². The van der Waals surface area contributed by atoms with Crippen LogP contribution in [-0.2, 0) is 9.59 Å². The molecule has 2 aliphatic rings. The fourth-order valence-electron chi connectivity index (χ4n) is 4.93. The van der Waals surface area contributed by atoms with Crippen molar-refractivity contribution in [3.8, 4) is 34.8 Å². The molecule has 0 spiro atoms. The lowest BCUT2D eigenvalue weighted by atomic mass is 9.96. The predicted octanol–water partition coefficient (Wildman–Crippen LogP) is 1.26. The third-order valence-electron chi connectivity index (χ3n) is 7.11. The van der Waals surface area contributed by atoms with Crippen LogP contribution < -0.4 is 4.74 Å². The van der Waals surface area contributed by atoms with Crippen LogP contribution in [0.5, 0.6) is 5.75 Å². The van der Waals surface area contributed by atoms with Crippen LogP contribution in [0, 0.1) is 29.1 Å². The number of methoxy groups -OCH3 is 1. The summed E-state index contributed by atoms with van der Waals surface area (Å²) >= 11 is 0. The number of ether oxygens (including phenoxy) is 1. The molecule has 0 aliphatic carbocycles. The zero-order chi connectivity index (χ0) is 26.8. The van der Waals surface area contributed by atoms with E-state index in [9.17, 15) is 14.9 Å². The highest BCUT2D eigenvalue weighted by Gasteiger charge is 2.38. The highest BCUT2D eigenvalue weighted by Crippen LogP contribution is 2.31. The van der Waals surface area contributed by atoms with Crippen LogP contribution in [0.4, 0.5) is 0 Å². The summed E-state index contributed by atoms with van der Waals surface area (Å²) in [5.41, 5.74) is 2.90. The Morgan fingerprint density at radius 1 is 1.11 bits per heavy atom. The van der Waals surface area contributed by atoms with Gasteiger partial charge in [0.15, 0.2) is 0 Å². The first kappa shape index (κ1) is 25.3. The van der Waals surface area contributed by atoms with Crippen molar-refractivity contribution in [2.45, 2.75) is 18.9 Å². The Labute approximate surface area is 221 Å². The minimum atomic E-state index is -0.209. The number of hydrogen-bond acceptors (Lipinski definition) is 7. The van der Waals surface area contributed by atoms with Crippen LogP contribution >= 0.6 is 0 Å².